The summed E-state index contributed by atoms with van der Waals surface area (Å²) in [6.07, 6.45) is 7.85. The number of aromatic nitrogens is 4. The lowest BCUT2D eigenvalue weighted by atomic mass is 9.91. The summed E-state index contributed by atoms with van der Waals surface area (Å²) in [5.74, 6) is -0.524. The second kappa shape index (κ2) is 10.9. The molecule has 37 heavy (non-hydrogen) atoms. The van der Waals surface area contributed by atoms with E-state index in [1.54, 1.807) is 12.1 Å². The van der Waals surface area contributed by atoms with E-state index in [2.05, 4.69) is 37.3 Å². The number of benzene rings is 2. The molecule has 0 amide bonds. The molecule has 0 saturated heterocycles. The quantitative estimate of drug-likeness (QED) is 0.257. The number of pyridine rings is 1. The average Bonchev–Trinajstić information content (AvgIpc) is 3.39. The van der Waals surface area contributed by atoms with E-state index in [4.69, 9.17) is 23.2 Å². The summed E-state index contributed by atoms with van der Waals surface area (Å²) in [5.41, 5.74) is 3.44. The number of anilines is 3. The predicted molar refractivity (Wildman–Crippen MR) is 144 cm³/mol. The van der Waals surface area contributed by atoms with Gasteiger partial charge in [0, 0.05) is 29.0 Å². The molecule has 5 rings (SSSR count). The van der Waals surface area contributed by atoms with Crippen molar-refractivity contribution in [1.29, 1.82) is 5.26 Å². The first-order valence-electron chi connectivity index (χ1n) is 12.0. The van der Waals surface area contributed by atoms with Crippen LogP contribution in [0.2, 0.25) is 10.0 Å². The number of nitrogens with one attached hydrogen (secondary N) is 3. The highest BCUT2D eigenvalue weighted by Gasteiger charge is 2.22. The van der Waals surface area contributed by atoms with Gasteiger partial charge >= 0.3 is 0 Å². The van der Waals surface area contributed by atoms with Gasteiger partial charge in [-0.2, -0.15) is 5.26 Å². The molecule has 1 aliphatic carbocycles. The maximum atomic E-state index is 13.6. The van der Waals surface area contributed by atoms with Crippen LogP contribution in [0, 0.1) is 17.1 Å². The number of nitriles is 1. The van der Waals surface area contributed by atoms with Gasteiger partial charge in [0.25, 0.3) is 0 Å². The van der Waals surface area contributed by atoms with E-state index in [9.17, 15) is 9.65 Å². The molecule has 0 unspecified atom stereocenters. The van der Waals surface area contributed by atoms with Gasteiger partial charge in [-0.05, 0) is 63.1 Å². The Balaban J connectivity index is 1.38. The van der Waals surface area contributed by atoms with E-state index in [1.165, 1.54) is 18.3 Å². The van der Waals surface area contributed by atoms with E-state index >= 15 is 0 Å². The van der Waals surface area contributed by atoms with E-state index in [-0.39, 0.29) is 5.02 Å². The van der Waals surface area contributed by atoms with Crippen molar-refractivity contribution < 1.29 is 4.39 Å². The fourth-order valence-corrected chi connectivity index (χ4v) is 5.14. The first kappa shape index (κ1) is 25.2. The summed E-state index contributed by atoms with van der Waals surface area (Å²) in [7, 11) is 2.01. The molecule has 8 nitrogen and oxygen atoms in total. The van der Waals surface area contributed by atoms with Crippen molar-refractivity contribution in [2.75, 3.05) is 17.7 Å². The van der Waals surface area contributed by atoms with Gasteiger partial charge in [-0.3, -0.25) is 4.98 Å². The summed E-state index contributed by atoms with van der Waals surface area (Å²) in [5, 5.41) is 29.3. The van der Waals surface area contributed by atoms with Crippen molar-refractivity contribution in [1.82, 2.24) is 25.3 Å². The number of nitrogens with zero attached hydrogens (tertiary/aromatic N) is 5. The van der Waals surface area contributed by atoms with Crippen molar-refractivity contribution in [2.24, 2.45) is 0 Å². The smallest absolute Gasteiger partial charge is 0.141 e. The van der Waals surface area contributed by atoms with Gasteiger partial charge in [0.2, 0.25) is 0 Å². The molecule has 0 aliphatic heterocycles. The molecule has 11 heteroatoms. The summed E-state index contributed by atoms with van der Waals surface area (Å²) >= 11 is 12.5. The monoisotopic (exact) mass is 538 g/mol. The Morgan fingerprint density at radius 1 is 1.11 bits per heavy atom. The topological polar surface area (TPSA) is 103 Å². The third-order valence-corrected chi connectivity index (χ3v) is 7.32. The van der Waals surface area contributed by atoms with Gasteiger partial charge in [0.05, 0.1) is 45.6 Å². The summed E-state index contributed by atoms with van der Waals surface area (Å²) < 4.78 is 15.6. The van der Waals surface area contributed by atoms with E-state index in [1.807, 2.05) is 24.0 Å². The molecule has 1 fully saturated rings. The summed E-state index contributed by atoms with van der Waals surface area (Å²) in [6, 6.07) is 11.0. The molecule has 1 saturated carbocycles. The zero-order valence-corrected chi connectivity index (χ0v) is 21.6. The number of fused-ring (bicyclic) bond motifs is 1. The van der Waals surface area contributed by atoms with Crippen LogP contribution in [0.15, 0.2) is 42.7 Å². The van der Waals surface area contributed by atoms with Crippen LogP contribution >= 0.6 is 23.2 Å². The number of halogens is 3. The van der Waals surface area contributed by atoms with Crippen LogP contribution < -0.4 is 16.0 Å². The fraction of sp³-hybridized carbons (Fsp3) is 0.308. The highest BCUT2D eigenvalue weighted by Crippen LogP contribution is 2.35. The summed E-state index contributed by atoms with van der Waals surface area (Å²) in [4.78, 5) is 4.37. The van der Waals surface area contributed by atoms with E-state index in [0.717, 1.165) is 37.1 Å². The zero-order chi connectivity index (χ0) is 25.9. The van der Waals surface area contributed by atoms with Crippen LogP contribution in [-0.4, -0.2) is 33.1 Å². The minimum absolute atomic E-state index is 0.0228. The van der Waals surface area contributed by atoms with E-state index in [0.29, 0.717) is 51.5 Å². The van der Waals surface area contributed by atoms with Crippen LogP contribution in [0.1, 0.15) is 43.0 Å². The second-order valence-electron chi connectivity index (χ2n) is 9.10. The van der Waals surface area contributed by atoms with Crippen molar-refractivity contribution in [3.8, 4) is 6.07 Å². The van der Waals surface area contributed by atoms with Crippen LogP contribution in [-0.2, 0) is 6.54 Å². The molecule has 0 atom stereocenters. The first-order valence-corrected chi connectivity index (χ1v) is 12.8. The highest BCUT2D eigenvalue weighted by atomic mass is 35.5. The maximum Gasteiger partial charge on any atom is 0.141 e. The van der Waals surface area contributed by atoms with Gasteiger partial charge in [-0.25, -0.2) is 9.07 Å². The Labute approximate surface area is 223 Å². The first-order chi connectivity index (χ1) is 17.9. The molecule has 2 heterocycles. The van der Waals surface area contributed by atoms with Crippen LogP contribution in [0.3, 0.4) is 0 Å². The maximum absolute atomic E-state index is 13.6. The highest BCUT2D eigenvalue weighted by molar-refractivity contribution is 6.36. The molecule has 0 spiro atoms. The van der Waals surface area contributed by atoms with Crippen molar-refractivity contribution >= 4 is 51.2 Å². The molecule has 0 bridgehead atoms. The Morgan fingerprint density at radius 3 is 2.62 bits per heavy atom. The fourth-order valence-electron chi connectivity index (χ4n) is 4.69. The lowest BCUT2D eigenvalue weighted by Crippen LogP contribution is -2.31. The lowest BCUT2D eigenvalue weighted by molar-refractivity contribution is 0.281. The Kier molecular flexibility index (Phi) is 7.42. The van der Waals surface area contributed by atoms with Gasteiger partial charge in [0.15, 0.2) is 0 Å². The normalized spacial score (nSPS) is 17.5. The Morgan fingerprint density at radius 2 is 1.89 bits per heavy atom. The Hall–Kier alpha value is -3.45. The van der Waals surface area contributed by atoms with Crippen molar-refractivity contribution in [3.05, 3.63) is 69.8 Å². The molecular formula is C26H25Cl2FN8. The van der Waals surface area contributed by atoms with Crippen LogP contribution in [0.25, 0.3) is 10.9 Å². The molecule has 0 radical (unpaired) electrons. The number of hydrogen-bond donors (Lipinski definition) is 3. The predicted octanol–water partition coefficient (Wildman–Crippen LogP) is 6.20. The zero-order valence-electron chi connectivity index (χ0n) is 20.1. The van der Waals surface area contributed by atoms with Gasteiger partial charge in [-0.15, -0.1) is 5.10 Å². The Bertz CT molecular complexity index is 1470. The molecule has 4 aromatic rings. The van der Waals surface area contributed by atoms with Crippen LogP contribution in [0.5, 0.6) is 0 Å². The molecule has 190 valence electrons. The summed E-state index contributed by atoms with van der Waals surface area (Å²) in [6.45, 7) is 0.454. The lowest BCUT2D eigenvalue weighted by Gasteiger charge is -2.27. The molecule has 2 aromatic heterocycles. The third kappa shape index (κ3) is 5.47. The minimum atomic E-state index is -0.524. The number of hydrogen-bond acceptors (Lipinski definition) is 7. The van der Waals surface area contributed by atoms with Gasteiger partial charge in [0.1, 0.15) is 17.6 Å². The number of rotatable bonds is 7. The standard InChI is InChI=1S/C26H25Cl2FN8/c1-31-16-2-5-20(6-3-16)37-14-19(35-36-37)13-32-18-8-21-25(34-17-4-7-24(29)22(27)9-17)15(11-30)12-33-26(21)23(28)10-18/h4,7-10,12,14,16,20,31-32H,2-3,5-6,13H2,1H3,(H,33,34). The van der Waals surface area contributed by atoms with Gasteiger partial charge in [-0.1, -0.05) is 28.4 Å². The van der Waals surface area contributed by atoms with Crippen molar-refractivity contribution in [2.45, 2.75) is 44.3 Å². The van der Waals surface area contributed by atoms with Crippen molar-refractivity contribution in [3.63, 3.8) is 0 Å². The molecule has 3 N–H and O–H groups in total. The second-order valence-corrected chi connectivity index (χ2v) is 9.92. The molecular weight excluding hydrogens is 514 g/mol. The van der Waals surface area contributed by atoms with E-state index < -0.39 is 5.82 Å². The largest absolute Gasteiger partial charge is 0.379 e. The molecule has 2 aromatic carbocycles. The average molecular weight is 539 g/mol. The van der Waals surface area contributed by atoms with Crippen LogP contribution in [0.4, 0.5) is 21.5 Å². The van der Waals surface area contributed by atoms with Gasteiger partial charge < -0.3 is 16.0 Å². The SMILES string of the molecule is CNC1CCC(n2cc(CNc3cc(Cl)c4ncc(C#N)c(Nc5ccc(F)c(Cl)c5)c4c3)nn2)CC1. The minimum Gasteiger partial charge on any atom is -0.379 e. The third-order valence-electron chi connectivity index (χ3n) is 6.74. The molecule has 1 aliphatic rings.